The fourth-order valence-corrected chi connectivity index (χ4v) is 1.54. The molecule has 0 spiro atoms. The molecule has 18 heavy (non-hydrogen) atoms. The van der Waals surface area contributed by atoms with Crippen LogP contribution in [-0.2, 0) is 17.8 Å². The molecule has 6 heteroatoms. The van der Waals surface area contributed by atoms with E-state index in [-0.39, 0.29) is 13.0 Å². The monoisotopic (exact) mass is 266 g/mol. The summed E-state index contributed by atoms with van der Waals surface area (Å²) < 4.78 is 5.47. The molecule has 0 aliphatic carbocycles. The van der Waals surface area contributed by atoms with Crippen molar-refractivity contribution in [2.45, 2.75) is 13.0 Å². The van der Waals surface area contributed by atoms with Crippen LogP contribution in [0.15, 0.2) is 30.5 Å². The highest BCUT2D eigenvalue weighted by molar-refractivity contribution is 6.30. The van der Waals surface area contributed by atoms with E-state index in [1.807, 2.05) is 0 Å². The van der Waals surface area contributed by atoms with Crippen LogP contribution in [0, 0.1) is 0 Å². The molecule has 94 valence electrons. The molecule has 2 N–H and O–H groups in total. The number of aromatic nitrogens is 2. The average molecular weight is 267 g/mol. The van der Waals surface area contributed by atoms with Crippen LogP contribution in [0.1, 0.15) is 11.5 Å². The van der Waals surface area contributed by atoms with Gasteiger partial charge in [-0.15, -0.1) is 0 Å². The molecule has 0 amide bonds. The molecule has 1 aromatic heterocycles. The third kappa shape index (κ3) is 3.49. The summed E-state index contributed by atoms with van der Waals surface area (Å²) in [5.41, 5.74) is 0.553. The van der Waals surface area contributed by atoms with Gasteiger partial charge in [-0.25, -0.2) is 4.98 Å². The second kappa shape index (κ2) is 5.55. The van der Waals surface area contributed by atoms with Gasteiger partial charge in [0.1, 0.15) is 18.2 Å². The number of carbonyl (C=O) groups is 1. The second-order valence-electron chi connectivity index (χ2n) is 3.67. The van der Waals surface area contributed by atoms with E-state index in [1.54, 1.807) is 24.3 Å². The molecule has 2 aromatic rings. The zero-order chi connectivity index (χ0) is 13.0. The first kappa shape index (κ1) is 12.4. The van der Waals surface area contributed by atoms with Crippen LogP contribution < -0.4 is 4.74 Å². The van der Waals surface area contributed by atoms with Crippen molar-refractivity contribution < 1.29 is 14.6 Å². The van der Waals surface area contributed by atoms with E-state index in [9.17, 15) is 4.79 Å². The van der Waals surface area contributed by atoms with Crippen molar-refractivity contribution in [2.75, 3.05) is 0 Å². The highest BCUT2D eigenvalue weighted by atomic mass is 35.5. The summed E-state index contributed by atoms with van der Waals surface area (Å²) in [4.78, 5) is 17.4. The number of nitrogens with zero attached hydrogens (tertiary/aromatic N) is 1. The standard InChI is InChI=1S/C12H11ClN2O3/c13-8-1-3-10(4-2-8)18-7-11-14-6-9(15-11)5-12(16)17/h1-4,6H,5,7H2,(H,14,15)(H,16,17). The molecule has 0 fully saturated rings. The van der Waals surface area contributed by atoms with E-state index in [0.717, 1.165) is 0 Å². The van der Waals surface area contributed by atoms with Crippen molar-refractivity contribution in [1.82, 2.24) is 9.97 Å². The third-order valence-corrected chi connectivity index (χ3v) is 2.46. The SMILES string of the molecule is O=C(O)Cc1cnc(COc2ccc(Cl)cc2)[nH]1. The lowest BCUT2D eigenvalue weighted by molar-refractivity contribution is -0.136. The number of benzene rings is 1. The van der Waals surface area contributed by atoms with Gasteiger partial charge in [-0.3, -0.25) is 4.79 Å². The number of H-pyrrole nitrogens is 1. The minimum Gasteiger partial charge on any atom is -0.486 e. The molecule has 0 saturated heterocycles. The Morgan fingerprint density at radius 2 is 2.11 bits per heavy atom. The molecular formula is C12H11ClN2O3. The van der Waals surface area contributed by atoms with Crippen LogP contribution in [-0.4, -0.2) is 21.0 Å². The molecule has 0 atom stereocenters. The maximum Gasteiger partial charge on any atom is 0.309 e. The van der Waals surface area contributed by atoms with Crippen LogP contribution in [0.2, 0.25) is 5.02 Å². The van der Waals surface area contributed by atoms with E-state index >= 15 is 0 Å². The van der Waals surface area contributed by atoms with Gasteiger partial charge in [0.25, 0.3) is 0 Å². The fourth-order valence-electron chi connectivity index (χ4n) is 1.41. The number of halogens is 1. The Kier molecular flexibility index (Phi) is 3.84. The molecule has 0 aliphatic heterocycles. The van der Waals surface area contributed by atoms with Gasteiger partial charge < -0.3 is 14.8 Å². The average Bonchev–Trinajstić information content (AvgIpc) is 2.75. The molecular weight excluding hydrogens is 256 g/mol. The molecule has 2 rings (SSSR count). The molecule has 0 radical (unpaired) electrons. The van der Waals surface area contributed by atoms with Crippen molar-refractivity contribution in [3.8, 4) is 5.75 Å². The number of carboxylic acids is 1. The topological polar surface area (TPSA) is 75.2 Å². The lowest BCUT2D eigenvalue weighted by Gasteiger charge is -2.03. The van der Waals surface area contributed by atoms with Gasteiger partial charge >= 0.3 is 5.97 Å². The van der Waals surface area contributed by atoms with E-state index in [0.29, 0.717) is 22.3 Å². The molecule has 0 saturated carbocycles. The Morgan fingerprint density at radius 1 is 1.39 bits per heavy atom. The molecule has 0 unspecified atom stereocenters. The Hall–Kier alpha value is -2.01. The number of aromatic amines is 1. The number of imidazole rings is 1. The van der Waals surface area contributed by atoms with Gasteiger partial charge in [0, 0.05) is 16.9 Å². The van der Waals surface area contributed by atoms with Crippen LogP contribution >= 0.6 is 11.6 Å². The zero-order valence-corrected chi connectivity index (χ0v) is 10.1. The number of carboxylic acid groups (broad SMARTS) is 1. The lowest BCUT2D eigenvalue weighted by atomic mass is 10.3. The van der Waals surface area contributed by atoms with Crippen molar-refractivity contribution >= 4 is 17.6 Å². The summed E-state index contributed by atoms with van der Waals surface area (Å²) in [5, 5.41) is 9.26. The maximum atomic E-state index is 10.5. The van der Waals surface area contributed by atoms with E-state index in [4.69, 9.17) is 21.4 Å². The number of hydrogen-bond acceptors (Lipinski definition) is 3. The van der Waals surface area contributed by atoms with E-state index in [1.165, 1.54) is 6.20 Å². The third-order valence-electron chi connectivity index (χ3n) is 2.21. The van der Waals surface area contributed by atoms with Crippen molar-refractivity contribution in [2.24, 2.45) is 0 Å². The first-order chi connectivity index (χ1) is 8.63. The summed E-state index contributed by atoms with van der Waals surface area (Å²) in [6.07, 6.45) is 1.42. The zero-order valence-electron chi connectivity index (χ0n) is 9.39. The first-order valence-electron chi connectivity index (χ1n) is 5.26. The fraction of sp³-hybridized carbons (Fsp3) is 0.167. The molecule has 1 heterocycles. The van der Waals surface area contributed by atoms with Gasteiger partial charge in [-0.2, -0.15) is 0 Å². The Balaban J connectivity index is 1.92. The lowest BCUT2D eigenvalue weighted by Crippen LogP contribution is -2.01. The van der Waals surface area contributed by atoms with Gasteiger partial charge in [-0.1, -0.05) is 11.6 Å². The minimum atomic E-state index is -0.899. The van der Waals surface area contributed by atoms with Crippen molar-refractivity contribution in [3.63, 3.8) is 0 Å². The van der Waals surface area contributed by atoms with Gasteiger partial charge in [0.2, 0.25) is 0 Å². The number of aliphatic carboxylic acids is 1. The van der Waals surface area contributed by atoms with Crippen molar-refractivity contribution in [1.29, 1.82) is 0 Å². The minimum absolute atomic E-state index is 0.0755. The smallest absolute Gasteiger partial charge is 0.309 e. The Bertz CT molecular complexity index is 537. The maximum absolute atomic E-state index is 10.5. The summed E-state index contributed by atoms with van der Waals surface area (Å²) >= 11 is 5.75. The molecule has 5 nitrogen and oxygen atoms in total. The summed E-state index contributed by atoms with van der Waals surface area (Å²) in [6.45, 7) is 0.251. The Morgan fingerprint density at radius 3 is 2.78 bits per heavy atom. The number of rotatable bonds is 5. The summed E-state index contributed by atoms with van der Waals surface area (Å²) in [6, 6.07) is 6.97. The van der Waals surface area contributed by atoms with E-state index in [2.05, 4.69) is 9.97 Å². The number of hydrogen-bond donors (Lipinski definition) is 2. The van der Waals surface area contributed by atoms with Crippen LogP contribution in [0.5, 0.6) is 5.75 Å². The van der Waals surface area contributed by atoms with Crippen LogP contribution in [0.3, 0.4) is 0 Å². The molecule has 0 bridgehead atoms. The van der Waals surface area contributed by atoms with Crippen LogP contribution in [0.25, 0.3) is 0 Å². The van der Waals surface area contributed by atoms with Crippen molar-refractivity contribution in [3.05, 3.63) is 47.0 Å². The first-order valence-corrected chi connectivity index (χ1v) is 5.64. The van der Waals surface area contributed by atoms with Gasteiger partial charge in [0.05, 0.1) is 6.42 Å². The summed E-state index contributed by atoms with van der Waals surface area (Å²) in [5.74, 6) is 0.362. The van der Waals surface area contributed by atoms with Crippen LogP contribution in [0.4, 0.5) is 0 Å². The van der Waals surface area contributed by atoms with E-state index < -0.39 is 5.97 Å². The molecule has 0 aliphatic rings. The molecule has 1 aromatic carbocycles. The van der Waals surface area contributed by atoms with Gasteiger partial charge in [0.15, 0.2) is 0 Å². The Labute approximate surface area is 108 Å². The van der Waals surface area contributed by atoms with Gasteiger partial charge in [-0.05, 0) is 24.3 Å². The number of ether oxygens (including phenoxy) is 1. The number of nitrogens with one attached hydrogen (secondary N) is 1. The summed E-state index contributed by atoms with van der Waals surface area (Å²) in [7, 11) is 0. The quantitative estimate of drug-likeness (QED) is 0.870. The predicted octanol–water partition coefficient (Wildman–Crippen LogP) is 2.27. The largest absolute Gasteiger partial charge is 0.486 e. The highest BCUT2D eigenvalue weighted by Crippen LogP contribution is 2.16. The highest BCUT2D eigenvalue weighted by Gasteiger charge is 2.05. The predicted molar refractivity (Wildman–Crippen MR) is 65.7 cm³/mol. The second-order valence-corrected chi connectivity index (χ2v) is 4.10. The normalized spacial score (nSPS) is 10.3.